The molecule has 2 bridgehead atoms. The van der Waals surface area contributed by atoms with Crippen LogP contribution in [0.5, 0.6) is 0 Å². The summed E-state index contributed by atoms with van der Waals surface area (Å²) < 4.78 is 17.0. The molecule has 0 aromatic heterocycles. The largest absolute Gasteiger partial charge is 0.374 e. The molecule has 0 radical (unpaired) electrons. The molecule has 4 heteroatoms. The van der Waals surface area contributed by atoms with Gasteiger partial charge in [-0.3, -0.25) is 0 Å². The maximum Gasteiger partial charge on any atom is 0.171 e. The summed E-state index contributed by atoms with van der Waals surface area (Å²) in [6.45, 7) is 2.87. The number of rotatable bonds is 4. The van der Waals surface area contributed by atoms with Crippen molar-refractivity contribution in [1.82, 2.24) is 5.32 Å². The van der Waals surface area contributed by atoms with E-state index in [0.29, 0.717) is 13.2 Å². The van der Waals surface area contributed by atoms with Crippen molar-refractivity contribution in [3.63, 3.8) is 0 Å². The van der Waals surface area contributed by atoms with Crippen molar-refractivity contribution in [2.24, 2.45) is 0 Å². The standard InChI is InChI=1S/C13H17NO3/c1-2-4-10(5-3-1)8-15-9-12-11-6-14-7-13(16-11)17-12/h1-5,11-14H,6-9H2/t11-,12+,13-/m0/s1. The number of hydrogen-bond donors (Lipinski definition) is 1. The molecule has 0 aliphatic carbocycles. The quantitative estimate of drug-likeness (QED) is 0.842. The van der Waals surface area contributed by atoms with E-state index < -0.39 is 0 Å². The van der Waals surface area contributed by atoms with Crippen LogP contribution in [-0.2, 0) is 20.8 Å². The van der Waals surface area contributed by atoms with Crippen LogP contribution in [0.15, 0.2) is 30.3 Å². The lowest BCUT2D eigenvalue weighted by atomic mass is 10.2. The van der Waals surface area contributed by atoms with Gasteiger partial charge < -0.3 is 19.5 Å². The van der Waals surface area contributed by atoms with Gasteiger partial charge in [0.05, 0.1) is 13.2 Å². The summed E-state index contributed by atoms with van der Waals surface area (Å²) in [7, 11) is 0. The lowest BCUT2D eigenvalue weighted by Crippen LogP contribution is -2.41. The highest BCUT2D eigenvalue weighted by Gasteiger charge is 2.38. The fourth-order valence-electron chi connectivity index (χ4n) is 2.23. The fraction of sp³-hybridized carbons (Fsp3) is 0.538. The minimum Gasteiger partial charge on any atom is -0.374 e. The third-order valence-corrected chi connectivity index (χ3v) is 3.12. The topological polar surface area (TPSA) is 39.7 Å². The van der Waals surface area contributed by atoms with Gasteiger partial charge in [0.2, 0.25) is 0 Å². The van der Waals surface area contributed by atoms with Crippen molar-refractivity contribution < 1.29 is 14.2 Å². The molecule has 2 saturated heterocycles. The number of benzene rings is 1. The molecule has 4 nitrogen and oxygen atoms in total. The van der Waals surface area contributed by atoms with Crippen molar-refractivity contribution in [1.29, 1.82) is 0 Å². The van der Waals surface area contributed by atoms with Crippen molar-refractivity contribution in [2.45, 2.75) is 25.1 Å². The van der Waals surface area contributed by atoms with Gasteiger partial charge in [-0.05, 0) is 5.56 Å². The zero-order chi connectivity index (χ0) is 11.5. The van der Waals surface area contributed by atoms with E-state index in [1.807, 2.05) is 18.2 Å². The molecule has 17 heavy (non-hydrogen) atoms. The van der Waals surface area contributed by atoms with E-state index in [-0.39, 0.29) is 18.5 Å². The number of morpholine rings is 1. The zero-order valence-corrected chi connectivity index (χ0v) is 9.67. The van der Waals surface area contributed by atoms with Gasteiger partial charge >= 0.3 is 0 Å². The van der Waals surface area contributed by atoms with E-state index in [2.05, 4.69) is 17.4 Å². The normalized spacial score (nSPS) is 31.6. The molecule has 1 N–H and O–H groups in total. The maximum atomic E-state index is 5.71. The van der Waals surface area contributed by atoms with Gasteiger partial charge in [-0.25, -0.2) is 0 Å². The molecule has 3 atom stereocenters. The summed E-state index contributed by atoms with van der Waals surface area (Å²) in [5.74, 6) is 0. The first kappa shape index (κ1) is 11.2. The van der Waals surface area contributed by atoms with Crippen LogP contribution in [0.2, 0.25) is 0 Å². The Bertz CT molecular complexity index is 357. The third-order valence-electron chi connectivity index (χ3n) is 3.12. The first-order chi connectivity index (χ1) is 8.42. The Hall–Kier alpha value is -0.940. The highest BCUT2D eigenvalue weighted by molar-refractivity contribution is 5.13. The Labute approximate surface area is 101 Å². The first-order valence-corrected chi connectivity index (χ1v) is 6.05. The van der Waals surface area contributed by atoms with E-state index in [4.69, 9.17) is 14.2 Å². The summed E-state index contributed by atoms with van der Waals surface area (Å²) in [6, 6.07) is 10.2. The average molecular weight is 235 g/mol. The summed E-state index contributed by atoms with van der Waals surface area (Å²) in [4.78, 5) is 0. The van der Waals surface area contributed by atoms with Gasteiger partial charge in [0.25, 0.3) is 0 Å². The van der Waals surface area contributed by atoms with Gasteiger partial charge in [0.1, 0.15) is 12.2 Å². The number of hydrogen-bond acceptors (Lipinski definition) is 4. The van der Waals surface area contributed by atoms with Crippen LogP contribution in [0.25, 0.3) is 0 Å². The highest BCUT2D eigenvalue weighted by Crippen LogP contribution is 2.22. The zero-order valence-electron chi connectivity index (χ0n) is 9.67. The van der Waals surface area contributed by atoms with Gasteiger partial charge in [-0.2, -0.15) is 0 Å². The van der Waals surface area contributed by atoms with Crippen molar-refractivity contribution in [2.75, 3.05) is 19.7 Å². The van der Waals surface area contributed by atoms with Crippen molar-refractivity contribution in [3.05, 3.63) is 35.9 Å². The van der Waals surface area contributed by atoms with Crippen molar-refractivity contribution in [3.8, 4) is 0 Å². The Morgan fingerprint density at radius 3 is 2.88 bits per heavy atom. The fourth-order valence-corrected chi connectivity index (χ4v) is 2.23. The van der Waals surface area contributed by atoms with Crippen LogP contribution in [0.4, 0.5) is 0 Å². The van der Waals surface area contributed by atoms with E-state index in [9.17, 15) is 0 Å². The minimum absolute atomic E-state index is 0.0683. The molecular formula is C13H17NO3. The lowest BCUT2D eigenvalue weighted by Gasteiger charge is -2.19. The Morgan fingerprint density at radius 1 is 1.18 bits per heavy atom. The molecule has 0 amide bonds. The second kappa shape index (κ2) is 5.14. The van der Waals surface area contributed by atoms with Crippen LogP contribution >= 0.6 is 0 Å². The summed E-state index contributed by atoms with van der Waals surface area (Å²) in [5.41, 5.74) is 1.19. The van der Waals surface area contributed by atoms with E-state index >= 15 is 0 Å². The predicted molar refractivity (Wildman–Crippen MR) is 62.5 cm³/mol. The van der Waals surface area contributed by atoms with Gasteiger partial charge in [-0.1, -0.05) is 30.3 Å². The molecule has 0 unspecified atom stereocenters. The molecule has 2 fully saturated rings. The molecule has 92 valence electrons. The second-order valence-corrected chi connectivity index (χ2v) is 4.44. The molecule has 2 heterocycles. The molecule has 1 aromatic rings. The monoisotopic (exact) mass is 235 g/mol. The predicted octanol–water partition coefficient (Wildman–Crippen LogP) is 0.916. The second-order valence-electron chi connectivity index (χ2n) is 4.44. The van der Waals surface area contributed by atoms with Gasteiger partial charge in [0.15, 0.2) is 6.29 Å². The lowest BCUT2D eigenvalue weighted by molar-refractivity contribution is -0.0823. The molecular weight excluding hydrogens is 218 g/mol. The first-order valence-electron chi connectivity index (χ1n) is 6.05. The van der Waals surface area contributed by atoms with Crippen LogP contribution < -0.4 is 5.32 Å². The van der Waals surface area contributed by atoms with Gasteiger partial charge in [0, 0.05) is 13.1 Å². The number of ether oxygens (including phenoxy) is 3. The van der Waals surface area contributed by atoms with Crippen molar-refractivity contribution >= 4 is 0 Å². The molecule has 3 rings (SSSR count). The SMILES string of the molecule is c1ccc(COC[C@H]2O[C@H]3CNC[C@@H]2O3)cc1. The molecule has 2 aliphatic rings. The Morgan fingerprint density at radius 2 is 2.06 bits per heavy atom. The minimum atomic E-state index is -0.0842. The van der Waals surface area contributed by atoms with E-state index in [1.165, 1.54) is 5.56 Å². The van der Waals surface area contributed by atoms with E-state index in [1.54, 1.807) is 0 Å². The molecule has 1 aromatic carbocycles. The molecule has 0 saturated carbocycles. The van der Waals surface area contributed by atoms with Crippen LogP contribution in [0.3, 0.4) is 0 Å². The number of fused-ring (bicyclic) bond motifs is 2. The summed E-state index contributed by atoms with van der Waals surface area (Å²) in [5, 5.41) is 3.28. The Balaban J connectivity index is 1.46. The Kier molecular flexibility index (Phi) is 3.38. The summed E-state index contributed by atoms with van der Waals surface area (Å²) >= 11 is 0. The molecule has 2 aliphatic heterocycles. The summed E-state index contributed by atoms with van der Waals surface area (Å²) in [6.07, 6.45) is 0.127. The maximum absolute atomic E-state index is 5.71. The van der Waals surface area contributed by atoms with Crippen LogP contribution in [-0.4, -0.2) is 38.2 Å². The van der Waals surface area contributed by atoms with Crippen LogP contribution in [0.1, 0.15) is 5.56 Å². The van der Waals surface area contributed by atoms with E-state index in [0.717, 1.165) is 13.1 Å². The number of nitrogens with one attached hydrogen (secondary N) is 1. The van der Waals surface area contributed by atoms with Crippen LogP contribution in [0, 0.1) is 0 Å². The molecule has 0 spiro atoms. The third kappa shape index (κ3) is 2.66. The highest BCUT2D eigenvalue weighted by atomic mass is 16.7. The smallest absolute Gasteiger partial charge is 0.171 e. The average Bonchev–Trinajstić information content (AvgIpc) is 2.65. The van der Waals surface area contributed by atoms with Gasteiger partial charge in [-0.15, -0.1) is 0 Å².